The molecule has 0 aliphatic carbocycles. The van der Waals surface area contributed by atoms with Gasteiger partial charge in [-0.2, -0.15) is 0 Å². The Balaban J connectivity index is 2.48. The molecule has 1 N–H and O–H groups in total. The van der Waals surface area contributed by atoms with Crippen molar-refractivity contribution < 1.29 is 14.3 Å². The number of carbonyl (C=O) groups excluding carboxylic acids is 2. The molecule has 1 saturated heterocycles. The van der Waals surface area contributed by atoms with Gasteiger partial charge in [-0.25, -0.2) is 0 Å². The first-order chi connectivity index (χ1) is 8.79. The maximum Gasteiger partial charge on any atom is 0.234 e. The van der Waals surface area contributed by atoms with Gasteiger partial charge in [-0.1, -0.05) is 13.8 Å². The highest BCUT2D eigenvalue weighted by molar-refractivity contribution is 5.88. The van der Waals surface area contributed by atoms with Crippen LogP contribution >= 0.6 is 0 Å². The Morgan fingerprint density at radius 2 is 1.79 bits per heavy atom. The molecular weight excluding hydrogens is 244 g/mol. The van der Waals surface area contributed by atoms with E-state index in [4.69, 9.17) is 4.74 Å². The van der Waals surface area contributed by atoms with E-state index >= 15 is 0 Å². The molecule has 1 unspecified atom stereocenters. The monoisotopic (exact) mass is 270 g/mol. The first kappa shape index (κ1) is 16.1. The normalized spacial score (nSPS) is 26.2. The van der Waals surface area contributed by atoms with Gasteiger partial charge in [-0.15, -0.1) is 0 Å². The first-order valence-electron chi connectivity index (χ1n) is 6.97. The summed E-state index contributed by atoms with van der Waals surface area (Å²) in [5.41, 5.74) is 0. The SMILES string of the molecule is CC(=O)C(NC(=O)CN1C[C@@H](C)O[C@@H](C)C1)C(C)C. The van der Waals surface area contributed by atoms with Crippen LogP contribution in [0.15, 0.2) is 0 Å². The summed E-state index contributed by atoms with van der Waals surface area (Å²) in [5, 5.41) is 2.82. The van der Waals surface area contributed by atoms with E-state index in [0.717, 1.165) is 13.1 Å². The Hall–Kier alpha value is -0.940. The topological polar surface area (TPSA) is 58.6 Å². The number of rotatable bonds is 5. The molecule has 1 aliphatic heterocycles. The Labute approximate surface area is 115 Å². The maximum atomic E-state index is 12.0. The van der Waals surface area contributed by atoms with Crippen LogP contribution in [0.2, 0.25) is 0 Å². The standard InChI is InChI=1S/C14H26N2O3/c1-9(2)14(12(5)17)15-13(18)8-16-6-10(3)19-11(4)7-16/h9-11,14H,6-8H2,1-5H3,(H,15,18)/t10-,11+,14?. The number of morpholine rings is 1. The molecule has 0 spiro atoms. The van der Waals surface area contributed by atoms with Crippen LogP contribution in [0.5, 0.6) is 0 Å². The minimum Gasteiger partial charge on any atom is -0.373 e. The predicted molar refractivity (Wildman–Crippen MR) is 73.9 cm³/mol. The average molecular weight is 270 g/mol. The molecule has 1 rings (SSSR count). The first-order valence-corrected chi connectivity index (χ1v) is 6.97. The molecule has 0 radical (unpaired) electrons. The minimum absolute atomic E-state index is 0.00654. The molecule has 1 amide bonds. The Kier molecular flexibility index (Phi) is 5.94. The summed E-state index contributed by atoms with van der Waals surface area (Å²) in [6, 6.07) is -0.386. The van der Waals surface area contributed by atoms with Gasteiger partial charge >= 0.3 is 0 Å². The van der Waals surface area contributed by atoms with E-state index in [2.05, 4.69) is 10.2 Å². The minimum atomic E-state index is -0.386. The second kappa shape index (κ2) is 7.01. The predicted octanol–water partition coefficient (Wildman–Crippen LogP) is 0.825. The van der Waals surface area contributed by atoms with Crippen molar-refractivity contribution in [3.8, 4) is 0 Å². The Morgan fingerprint density at radius 3 is 2.21 bits per heavy atom. The highest BCUT2D eigenvalue weighted by Crippen LogP contribution is 2.10. The van der Waals surface area contributed by atoms with E-state index in [1.807, 2.05) is 27.7 Å². The van der Waals surface area contributed by atoms with Crippen LogP contribution in [0.25, 0.3) is 0 Å². The lowest BCUT2D eigenvalue weighted by Gasteiger charge is -2.35. The molecule has 0 aromatic heterocycles. The number of ether oxygens (including phenoxy) is 1. The Bertz CT molecular complexity index is 321. The van der Waals surface area contributed by atoms with Gasteiger partial charge in [0.15, 0.2) is 5.78 Å². The van der Waals surface area contributed by atoms with Crippen molar-refractivity contribution in [2.45, 2.75) is 52.9 Å². The summed E-state index contributed by atoms with van der Waals surface area (Å²) in [5.74, 6) is 0.0336. The summed E-state index contributed by atoms with van der Waals surface area (Å²) >= 11 is 0. The van der Waals surface area contributed by atoms with Crippen LogP contribution in [-0.4, -0.2) is 54.5 Å². The molecule has 1 fully saturated rings. The van der Waals surface area contributed by atoms with Crippen LogP contribution in [0, 0.1) is 5.92 Å². The van der Waals surface area contributed by atoms with Crippen LogP contribution in [-0.2, 0) is 14.3 Å². The molecule has 0 bridgehead atoms. The second-order valence-electron chi connectivity index (χ2n) is 5.85. The maximum absolute atomic E-state index is 12.0. The fourth-order valence-electron chi connectivity index (χ4n) is 2.57. The smallest absolute Gasteiger partial charge is 0.234 e. The third-order valence-corrected chi connectivity index (χ3v) is 3.28. The van der Waals surface area contributed by atoms with E-state index in [0.29, 0.717) is 6.54 Å². The molecule has 5 heteroatoms. The summed E-state index contributed by atoms with van der Waals surface area (Å²) in [6.45, 7) is 11.2. The number of Topliss-reactive ketones (excluding diaryl/α,β-unsaturated/α-hetero) is 1. The number of nitrogens with zero attached hydrogens (tertiary/aromatic N) is 1. The molecule has 1 aliphatic rings. The third kappa shape index (κ3) is 5.28. The summed E-state index contributed by atoms with van der Waals surface area (Å²) in [6.07, 6.45) is 0.288. The zero-order valence-electron chi connectivity index (χ0n) is 12.6. The second-order valence-corrected chi connectivity index (χ2v) is 5.85. The molecular formula is C14H26N2O3. The fraction of sp³-hybridized carbons (Fsp3) is 0.857. The van der Waals surface area contributed by atoms with Crippen molar-refractivity contribution in [2.75, 3.05) is 19.6 Å². The van der Waals surface area contributed by atoms with Gasteiger partial charge in [-0.3, -0.25) is 14.5 Å². The van der Waals surface area contributed by atoms with Crippen LogP contribution in [0.3, 0.4) is 0 Å². The summed E-state index contributed by atoms with van der Waals surface area (Å²) in [4.78, 5) is 25.5. The fourth-order valence-corrected chi connectivity index (χ4v) is 2.57. The largest absolute Gasteiger partial charge is 0.373 e. The lowest BCUT2D eigenvalue weighted by Crippen LogP contribution is -2.52. The summed E-state index contributed by atoms with van der Waals surface area (Å²) in [7, 11) is 0. The van der Waals surface area contributed by atoms with Crippen molar-refractivity contribution >= 4 is 11.7 Å². The van der Waals surface area contributed by atoms with Crippen molar-refractivity contribution in [3.05, 3.63) is 0 Å². The molecule has 0 saturated carbocycles. The molecule has 110 valence electrons. The summed E-state index contributed by atoms with van der Waals surface area (Å²) < 4.78 is 5.63. The zero-order valence-corrected chi connectivity index (χ0v) is 12.6. The molecule has 3 atom stereocenters. The van der Waals surface area contributed by atoms with Crippen LogP contribution in [0.4, 0.5) is 0 Å². The van der Waals surface area contributed by atoms with Crippen molar-refractivity contribution in [1.29, 1.82) is 0 Å². The van der Waals surface area contributed by atoms with Crippen LogP contribution < -0.4 is 5.32 Å². The number of nitrogens with one attached hydrogen (secondary N) is 1. The Morgan fingerprint density at radius 1 is 1.26 bits per heavy atom. The van der Waals surface area contributed by atoms with Gasteiger partial charge in [0.1, 0.15) is 0 Å². The molecule has 0 aromatic rings. The lowest BCUT2D eigenvalue weighted by atomic mass is 10.0. The van der Waals surface area contributed by atoms with Gasteiger partial charge in [0.25, 0.3) is 0 Å². The highest BCUT2D eigenvalue weighted by Gasteiger charge is 2.26. The number of ketones is 1. The van der Waals surface area contributed by atoms with Gasteiger partial charge in [0.2, 0.25) is 5.91 Å². The van der Waals surface area contributed by atoms with E-state index < -0.39 is 0 Å². The number of hydrogen-bond acceptors (Lipinski definition) is 4. The van der Waals surface area contributed by atoms with E-state index in [-0.39, 0.29) is 35.9 Å². The van der Waals surface area contributed by atoms with Gasteiger partial charge in [0.05, 0.1) is 24.8 Å². The van der Waals surface area contributed by atoms with E-state index in [1.54, 1.807) is 0 Å². The third-order valence-electron chi connectivity index (χ3n) is 3.28. The number of carbonyl (C=O) groups is 2. The van der Waals surface area contributed by atoms with Crippen molar-refractivity contribution in [1.82, 2.24) is 10.2 Å². The van der Waals surface area contributed by atoms with Crippen LogP contribution in [0.1, 0.15) is 34.6 Å². The van der Waals surface area contributed by atoms with Crippen molar-refractivity contribution in [3.63, 3.8) is 0 Å². The lowest BCUT2D eigenvalue weighted by molar-refractivity contribution is -0.131. The molecule has 19 heavy (non-hydrogen) atoms. The number of hydrogen-bond donors (Lipinski definition) is 1. The molecule has 5 nitrogen and oxygen atoms in total. The van der Waals surface area contributed by atoms with Crippen molar-refractivity contribution in [2.24, 2.45) is 5.92 Å². The average Bonchev–Trinajstić information content (AvgIpc) is 2.23. The zero-order chi connectivity index (χ0) is 14.6. The molecule has 1 heterocycles. The molecule has 0 aromatic carbocycles. The van der Waals surface area contributed by atoms with E-state index in [9.17, 15) is 9.59 Å². The number of amides is 1. The van der Waals surface area contributed by atoms with Gasteiger partial charge < -0.3 is 10.1 Å². The highest BCUT2D eigenvalue weighted by atomic mass is 16.5. The van der Waals surface area contributed by atoms with Gasteiger partial charge in [0, 0.05) is 13.1 Å². The van der Waals surface area contributed by atoms with E-state index in [1.165, 1.54) is 6.92 Å². The quantitative estimate of drug-likeness (QED) is 0.804. The van der Waals surface area contributed by atoms with Gasteiger partial charge in [-0.05, 0) is 26.7 Å².